The fourth-order valence-electron chi connectivity index (χ4n) is 2.86. The zero-order valence-electron chi connectivity index (χ0n) is 14.9. The number of ether oxygens (including phenoxy) is 1. The average Bonchev–Trinajstić information content (AvgIpc) is 2.91. The summed E-state index contributed by atoms with van der Waals surface area (Å²) >= 11 is 1.16. The molecule has 0 fully saturated rings. The quantitative estimate of drug-likeness (QED) is 0.643. The maximum absolute atomic E-state index is 13.9. The van der Waals surface area contributed by atoms with Crippen LogP contribution < -0.4 is 4.80 Å². The number of aryl methyl sites for hydroxylation is 2. The van der Waals surface area contributed by atoms with E-state index in [0.29, 0.717) is 0 Å². The highest BCUT2D eigenvalue weighted by atomic mass is 32.1. The van der Waals surface area contributed by atoms with Gasteiger partial charge in [0.2, 0.25) is 0 Å². The highest BCUT2D eigenvalue weighted by Gasteiger charge is 2.18. The van der Waals surface area contributed by atoms with Crippen molar-refractivity contribution in [1.82, 2.24) is 4.57 Å². The van der Waals surface area contributed by atoms with Gasteiger partial charge in [0.15, 0.2) is 4.80 Å². The number of hydrogen-bond acceptors (Lipinski definition) is 4. The van der Waals surface area contributed by atoms with Gasteiger partial charge in [0, 0.05) is 0 Å². The molecule has 0 radical (unpaired) electrons. The lowest BCUT2D eigenvalue weighted by atomic mass is 10.1. The minimum atomic E-state index is -1.05. The van der Waals surface area contributed by atoms with E-state index in [1.54, 1.807) is 0 Å². The van der Waals surface area contributed by atoms with Crippen LogP contribution in [0.1, 0.15) is 21.5 Å². The summed E-state index contributed by atoms with van der Waals surface area (Å²) in [5.74, 6) is -3.56. The Hall–Kier alpha value is -2.87. The zero-order chi connectivity index (χ0) is 19.7. The normalized spacial score (nSPS) is 11.8. The minimum Gasteiger partial charge on any atom is -0.468 e. The molecule has 0 spiro atoms. The SMILES string of the molecule is COC(=O)Cn1c(=NC(=O)c2c(F)cccc2F)sc2cc(C)cc(C)c21. The standard InChI is InChI=1S/C19H16F2N2O3S/c1-10-7-11(2)17-14(8-10)27-19(23(17)9-15(24)26-3)22-18(25)16-12(20)5-4-6-13(16)21/h4-8H,9H2,1-3H3. The first kappa shape index (κ1) is 18.9. The number of carbonyl (C=O) groups is 2. The van der Waals surface area contributed by atoms with Crippen LogP contribution in [0.4, 0.5) is 8.78 Å². The summed E-state index contributed by atoms with van der Waals surface area (Å²) in [6.07, 6.45) is 0. The van der Waals surface area contributed by atoms with E-state index in [9.17, 15) is 18.4 Å². The van der Waals surface area contributed by atoms with Crippen LogP contribution in [0.3, 0.4) is 0 Å². The number of amides is 1. The summed E-state index contributed by atoms with van der Waals surface area (Å²) in [7, 11) is 1.26. The third-order valence-corrected chi connectivity index (χ3v) is 5.03. The number of carbonyl (C=O) groups excluding carboxylic acids is 2. The van der Waals surface area contributed by atoms with Gasteiger partial charge in [-0.05, 0) is 43.2 Å². The predicted molar refractivity (Wildman–Crippen MR) is 97.6 cm³/mol. The lowest BCUT2D eigenvalue weighted by molar-refractivity contribution is -0.141. The zero-order valence-corrected chi connectivity index (χ0v) is 15.7. The topological polar surface area (TPSA) is 60.7 Å². The number of esters is 1. The second kappa shape index (κ2) is 7.40. The maximum Gasteiger partial charge on any atom is 0.325 e. The van der Waals surface area contributed by atoms with E-state index < -0.39 is 29.1 Å². The van der Waals surface area contributed by atoms with E-state index in [1.165, 1.54) is 17.7 Å². The van der Waals surface area contributed by atoms with Gasteiger partial charge in [-0.3, -0.25) is 9.59 Å². The summed E-state index contributed by atoms with van der Waals surface area (Å²) in [4.78, 5) is 28.3. The Morgan fingerprint density at radius 2 is 1.85 bits per heavy atom. The maximum atomic E-state index is 13.9. The predicted octanol–water partition coefficient (Wildman–Crippen LogP) is 3.51. The van der Waals surface area contributed by atoms with E-state index in [4.69, 9.17) is 4.74 Å². The number of nitrogens with zero attached hydrogens (tertiary/aromatic N) is 2. The van der Waals surface area contributed by atoms with Gasteiger partial charge in [0.1, 0.15) is 23.7 Å². The highest BCUT2D eigenvalue weighted by Crippen LogP contribution is 2.23. The van der Waals surface area contributed by atoms with Gasteiger partial charge in [-0.1, -0.05) is 23.5 Å². The molecule has 0 aliphatic carbocycles. The van der Waals surface area contributed by atoms with Crippen molar-refractivity contribution in [2.75, 3.05) is 7.11 Å². The number of methoxy groups -OCH3 is 1. The van der Waals surface area contributed by atoms with Crippen molar-refractivity contribution in [3.63, 3.8) is 0 Å². The van der Waals surface area contributed by atoms with Crippen molar-refractivity contribution in [1.29, 1.82) is 0 Å². The molecule has 5 nitrogen and oxygen atoms in total. The number of aromatic nitrogens is 1. The van der Waals surface area contributed by atoms with Crippen molar-refractivity contribution in [2.45, 2.75) is 20.4 Å². The largest absolute Gasteiger partial charge is 0.468 e. The molecule has 0 unspecified atom stereocenters. The van der Waals surface area contributed by atoms with Crippen molar-refractivity contribution in [2.24, 2.45) is 4.99 Å². The second-order valence-corrected chi connectivity index (χ2v) is 7.00. The Labute approximate surface area is 157 Å². The van der Waals surface area contributed by atoms with Gasteiger partial charge in [-0.25, -0.2) is 8.78 Å². The smallest absolute Gasteiger partial charge is 0.325 e. The van der Waals surface area contributed by atoms with Crippen molar-refractivity contribution in [3.8, 4) is 0 Å². The molecule has 140 valence electrons. The molecule has 1 heterocycles. The van der Waals surface area contributed by atoms with Gasteiger partial charge in [-0.2, -0.15) is 4.99 Å². The van der Waals surface area contributed by atoms with Gasteiger partial charge in [-0.15, -0.1) is 0 Å². The summed E-state index contributed by atoms with van der Waals surface area (Å²) in [6, 6.07) is 6.99. The van der Waals surface area contributed by atoms with Crippen LogP contribution in [0.15, 0.2) is 35.3 Å². The molecule has 0 saturated heterocycles. The summed E-state index contributed by atoms with van der Waals surface area (Å²) < 4.78 is 34.8. The Kier molecular flexibility index (Phi) is 5.18. The fourth-order valence-corrected chi connectivity index (χ4v) is 4.07. The Bertz CT molecular complexity index is 1110. The molecule has 0 N–H and O–H groups in total. The van der Waals surface area contributed by atoms with E-state index in [2.05, 4.69) is 4.99 Å². The minimum absolute atomic E-state index is 0.164. The Morgan fingerprint density at radius 3 is 2.48 bits per heavy atom. The van der Waals surface area contributed by atoms with E-state index in [-0.39, 0.29) is 11.3 Å². The van der Waals surface area contributed by atoms with E-state index in [1.807, 2.05) is 26.0 Å². The second-order valence-electron chi connectivity index (χ2n) is 5.99. The van der Waals surface area contributed by atoms with Crippen molar-refractivity contribution < 1.29 is 23.1 Å². The average molecular weight is 390 g/mol. The molecule has 3 aromatic rings. The first-order valence-corrected chi connectivity index (χ1v) is 8.84. The van der Waals surface area contributed by atoms with Gasteiger partial charge in [0.05, 0.1) is 17.3 Å². The van der Waals surface area contributed by atoms with Crippen LogP contribution in [0.2, 0.25) is 0 Å². The lowest BCUT2D eigenvalue weighted by Gasteiger charge is -2.06. The summed E-state index contributed by atoms with van der Waals surface area (Å²) in [6.45, 7) is 3.62. The van der Waals surface area contributed by atoms with Gasteiger partial charge in [0.25, 0.3) is 5.91 Å². The number of rotatable bonds is 3. The molecule has 1 aromatic heterocycles. The molecule has 8 heteroatoms. The molecule has 0 bridgehead atoms. The van der Waals surface area contributed by atoms with Gasteiger partial charge >= 0.3 is 5.97 Å². The molecule has 1 amide bonds. The van der Waals surface area contributed by atoms with Crippen molar-refractivity contribution in [3.05, 3.63) is 63.5 Å². The molecule has 27 heavy (non-hydrogen) atoms. The first-order chi connectivity index (χ1) is 12.8. The van der Waals surface area contributed by atoms with Gasteiger partial charge < -0.3 is 9.30 Å². The third-order valence-electron chi connectivity index (χ3n) is 4.00. The Balaban J connectivity index is 2.25. The molecule has 2 aromatic carbocycles. The summed E-state index contributed by atoms with van der Waals surface area (Å²) in [5, 5.41) is 0. The number of halogens is 2. The number of hydrogen-bond donors (Lipinski definition) is 0. The highest BCUT2D eigenvalue weighted by molar-refractivity contribution is 7.16. The summed E-state index contributed by atoms with van der Waals surface area (Å²) in [5.41, 5.74) is 1.88. The molecule has 0 atom stereocenters. The monoisotopic (exact) mass is 390 g/mol. The fraction of sp³-hybridized carbons (Fsp3) is 0.211. The number of fused-ring (bicyclic) bond motifs is 1. The van der Waals surface area contributed by atoms with Crippen LogP contribution in [0.5, 0.6) is 0 Å². The molecule has 3 rings (SSSR count). The van der Waals surface area contributed by atoms with Crippen LogP contribution in [0.25, 0.3) is 10.2 Å². The lowest BCUT2D eigenvalue weighted by Crippen LogP contribution is -2.23. The molecule has 0 aliphatic rings. The molecule has 0 saturated carbocycles. The van der Waals surface area contributed by atoms with E-state index in [0.717, 1.165) is 44.8 Å². The van der Waals surface area contributed by atoms with Crippen LogP contribution in [-0.2, 0) is 16.1 Å². The van der Waals surface area contributed by atoms with Crippen LogP contribution in [-0.4, -0.2) is 23.6 Å². The number of benzene rings is 2. The Morgan fingerprint density at radius 1 is 1.19 bits per heavy atom. The van der Waals surface area contributed by atoms with Crippen LogP contribution >= 0.6 is 11.3 Å². The van der Waals surface area contributed by atoms with Crippen LogP contribution in [0, 0.1) is 25.5 Å². The first-order valence-electron chi connectivity index (χ1n) is 8.02. The third kappa shape index (κ3) is 3.66. The molecular weight excluding hydrogens is 374 g/mol. The molecule has 0 aliphatic heterocycles. The van der Waals surface area contributed by atoms with Crippen molar-refractivity contribution >= 4 is 33.4 Å². The van der Waals surface area contributed by atoms with E-state index >= 15 is 0 Å². The number of thiazole rings is 1. The molecular formula is C19H16F2N2O3S.